The van der Waals surface area contributed by atoms with Crippen molar-refractivity contribution in [3.05, 3.63) is 146 Å². The molecule has 0 radical (unpaired) electrons. The van der Waals surface area contributed by atoms with Crippen LogP contribution in [0.2, 0.25) is 0 Å². The predicted octanol–water partition coefficient (Wildman–Crippen LogP) is 14.1. The van der Waals surface area contributed by atoms with Crippen LogP contribution in [0.3, 0.4) is 0 Å². The first-order valence-electron chi connectivity index (χ1n) is 17.2. The van der Waals surface area contributed by atoms with Crippen LogP contribution in [-0.4, -0.2) is 9.13 Å². The summed E-state index contributed by atoms with van der Waals surface area (Å²) in [6.07, 6.45) is 0. The first-order valence-corrected chi connectivity index (χ1v) is 19.6. The first-order chi connectivity index (χ1) is 25.1. The minimum absolute atomic E-state index is 1.27. The van der Waals surface area contributed by atoms with Crippen molar-refractivity contribution in [1.29, 1.82) is 0 Å². The highest BCUT2D eigenvalue weighted by atomic mass is 32.1. The van der Waals surface area contributed by atoms with Gasteiger partial charge in [0.15, 0.2) is 0 Å². The Morgan fingerprint density at radius 1 is 0.314 bits per heavy atom. The van der Waals surface area contributed by atoms with E-state index in [0.29, 0.717) is 0 Å². The molecule has 11 aromatic rings. The average molecular weight is 707 g/mol. The lowest BCUT2D eigenvalue weighted by Gasteiger charge is -2.02. The van der Waals surface area contributed by atoms with Gasteiger partial charge in [0, 0.05) is 97.4 Å². The summed E-state index contributed by atoms with van der Waals surface area (Å²) < 4.78 is 7.26. The van der Waals surface area contributed by atoms with E-state index in [2.05, 4.69) is 169 Å². The monoisotopic (exact) mass is 706 g/mol. The van der Waals surface area contributed by atoms with Crippen LogP contribution in [0.5, 0.6) is 0 Å². The molecule has 6 aromatic carbocycles. The molecular weight excluding hydrogens is 677 g/mol. The van der Waals surface area contributed by atoms with Gasteiger partial charge < -0.3 is 9.13 Å². The van der Waals surface area contributed by atoms with E-state index in [0.717, 1.165) is 0 Å². The number of aromatic nitrogens is 2. The number of rotatable bonds is 4. The molecule has 0 N–H and O–H groups in total. The number of benzene rings is 6. The highest BCUT2D eigenvalue weighted by Crippen LogP contribution is 2.43. The van der Waals surface area contributed by atoms with Gasteiger partial charge in [0.05, 0.1) is 0 Å². The van der Waals surface area contributed by atoms with Crippen molar-refractivity contribution in [3.63, 3.8) is 0 Å². The smallest absolute Gasteiger partial charge is 0.0489 e. The summed E-state index contributed by atoms with van der Waals surface area (Å²) in [6, 6.07) is 54.3. The van der Waals surface area contributed by atoms with Crippen LogP contribution in [-0.2, 0) is 14.1 Å². The number of thiophene rings is 3. The van der Waals surface area contributed by atoms with Gasteiger partial charge in [-0.1, -0.05) is 72.8 Å². The number of hydrogen-bond donors (Lipinski definition) is 0. The standard InChI is InChI=1S/C46H30N2S3/c1-47-37-9-5-3-7-31(37)35-23-27(13-17-39(35)47)41-19-21-43(49-41)29-11-15-33-34-16-12-30(26-46(34)51-45(33)25-29)44-22-20-42(50-44)28-14-18-40-36(24-28)32-8-4-6-10-38(32)48(40)2/h3-26H,1-2H3. The highest BCUT2D eigenvalue weighted by molar-refractivity contribution is 7.26. The summed E-state index contributed by atoms with van der Waals surface area (Å²) in [5.41, 5.74) is 10.2. The van der Waals surface area contributed by atoms with E-state index in [1.807, 2.05) is 34.0 Å². The summed E-state index contributed by atoms with van der Waals surface area (Å²) >= 11 is 5.65. The molecule has 2 nitrogen and oxygen atoms in total. The second-order valence-electron chi connectivity index (χ2n) is 13.5. The Hall–Kier alpha value is -5.46. The molecule has 0 aliphatic carbocycles. The minimum atomic E-state index is 1.27. The maximum atomic E-state index is 2.38. The molecule has 0 fully saturated rings. The van der Waals surface area contributed by atoms with Crippen LogP contribution in [0.4, 0.5) is 0 Å². The number of fused-ring (bicyclic) bond motifs is 9. The van der Waals surface area contributed by atoms with Crippen LogP contribution < -0.4 is 0 Å². The molecule has 11 rings (SSSR count). The van der Waals surface area contributed by atoms with Gasteiger partial charge in [-0.3, -0.25) is 0 Å². The van der Waals surface area contributed by atoms with Gasteiger partial charge in [-0.2, -0.15) is 0 Å². The molecule has 5 aromatic heterocycles. The molecule has 0 unspecified atom stereocenters. The Morgan fingerprint density at radius 3 is 1.14 bits per heavy atom. The zero-order valence-corrected chi connectivity index (χ0v) is 30.4. The number of hydrogen-bond acceptors (Lipinski definition) is 3. The lowest BCUT2D eigenvalue weighted by Crippen LogP contribution is -1.85. The number of nitrogens with zero attached hydrogens (tertiary/aromatic N) is 2. The summed E-state index contributed by atoms with van der Waals surface area (Å²) in [6.45, 7) is 0. The number of aryl methyl sites for hydroxylation is 2. The topological polar surface area (TPSA) is 9.86 Å². The maximum absolute atomic E-state index is 2.38. The first kappa shape index (κ1) is 29.3. The molecule has 0 atom stereocenters. The second-order valence-corrected chi connectivity index (χ2v) is 16.7. The van der Waals surface area contributed by atoms with Crippen molar-refractivity contribution in [3.8, 4) is 41.8 Å². The summed E-state index contributed by atoms with van der Waals surface area (Å²) in [5.74, 6) is 0. The van der Waals surface area contributed by atoms with Gasteiger partial charge in [0.25, 0.3) is 0 Å². The molecule has 0 saturated heterocycles. The summed E-state index contributed by atoms with van der Waals surface area (Å²) in [5, 5.41) is 7.91. The largest absolute Gasteiger partial charge is 0.344 e. The normalized spacial score (nSPS) is 12.1. The van der Waals surface area contributed by atoms with E-state index in [-0.39, 0.29) is 0 Å². The minimum Gasteiger partial charge on any atom is -0.344 e. The van der Waals surface area contributed by atoms with Gasteiger partial charge in [-0.25, -0.2) is 0 Å². The van der Waals surface area contributed by atoms with Crippen LogP contribution in [0.15, 0.2) is 146 Å². The zero-order valence-electron chi connectivity index (χ0n) is 28.0. The fourth-order valence-electron chi connectivity index (χ4n) is 8.02. The van der Waals surface area contributed by atoms with Crippen LogP contribution >= 0.6 is 34.0 Å². The highest BCUT2D eigenvalue weighted by Gasteiger charge is 2.15. The van der Waals surface area contributed by atoms with Gasteiger partial charge in [-0.15, -0.1) is 34.0 Å². The molecular formula is C46H30N2S3. The fraction of sp³-hybridized carbons (Fsp3) is 0.0435. The van der Waals surface area contributed by atoms with Crippen molar-refractivity contribution in [2.45, 2.75) is 0 Å². The Morgan fingerprint density at radius 2 is 0.686 bits per heavy atom. The number of para-hydroxylation sites is 2. The van der Waals surface area contributed by atoms with Gasteiger partial charge in [0.2, 0.25) is 0 Å². The third kappa shape index (κ3) is 4.45. The van der Waals surface area contributed by atoms with Crippen molar-refractivity contribution >= 4 is 97.8 Å². The van der Waals surface area contributed by atoms with E-state index in [1.54, 1.807) is 0 Å². The molecule has 0 saturated carbocycles. The SMILES string of the molecule is Cn1c2ccccc2c2cc(-c3ccc(-c4ccc5c(c4)sc4cc(-c6ccc(-c7ccc8c(c7)c7ccccc7n8C)s6)ccc45)s3)ccc21. The van der Waals surface area contributed by atoms with E-state index in [1.165, 1.54) is 106 Å². The summed E-state index contributed by atoms with van der Waals surface area (Å²) in [4.78, 5) is 5.20. The molecule has 0 spiro atoms. The van der Waals surface area contributed by atoms with Crippen LogP contribution in [0, 0.1) is 0 Å². The van der Waals surface area contributed by atoms with Gasteiger partial charge in [0.1, 0.15) is 0 Å². The molecule has 0 bridgehead atoms. The van der Waals surface area contributed by atoms with Crippen LogP contribution in [0.1, 0.15) is 0 Å². The van der Waals surface area contributed by atoms with E-state index >= 15 is 0 Å². The van der Waals surface area contributed by atoms with Crippen molar-refractivity contribution in [1.82, 2.24) is 9.13 Å². The molecule has 0 aliphatic heterocycles. The van der Waals surface area contributed by atoms with Gasteiger partial charge in [-0.05, 0) is 95.1 Å². The third-order valence-corrected chi connectivity index (χ3v) is 14.1. The summed E-state index contributed by atoms with van der Waals surface area (Å²) in [7, 11) is 4.32. The second kappa shape index (κ2) is 11.0. The van der Waals surface area contributed by atoms with Crippen molar-refractivity contribution in [2.75, 3.05) is 0 Å². The Balaban J connectivity index is 0.912. The molecule has 242 valence electrons. The predicted molar refractivity (Wildman–Crippen MR) is 225 cm³/mol. The molecule has 51 heavy (non-hydrogen) atoms. The third-order valence-electron chi connectivity index (χ3n) is 10.7. The molecule has 5 heterocycles. The molecule has 0 amide bonds. The zero-order chi connectivity index (χ0) is 33.8. The Bertz CT molecular complexity index is 2970. The lowest BCUT2D eigenvalue weighted by molar-refractivity contribution is 1.01. The lowest BCUT2D eigenvalue weighted by atomic mass is 10.1. The van der Waals surface area contributed by atoms with Gasteiger partial charge >= 0.3 is 0 Å². The fourth-order valence-corrected chi connectivity index (χ4v) is 11.2. The van der Waals surface area contributed by atoms with E-state index in [9.17, 15) is 0 Å². The maximum Gasteiger partial charge on any atom is 0.0489 e. The Labute approximate surface area is 306 Å². The van der Waals surface area contributed by atoms with Crippen LogP contribution in [0.25, 0.3) is 106 Å². The molecule has 5 heteroatoms. The van der Waals surface area contributed by atoms with Crippen molar-refractivity contribution < 1.29 is 0 Å². The van der Waals surface area contributed by atoms with E-state index in [4.69, 9.17) is 0 Å². The average Bonchev–Trinajstić information content (AvgIpc) is 4.01. The van der Waals surface area contributed by atoms with Crippen molar-refractivity contribution in [2.24, 2.45) is 14.1 Å². The van der Waals surface area contributed by atoms with E-state index < -0.39 is 0 Å². The molecule has 0 aliphatic rings. The Kier molecular flexibility index (Phi) is 6.33. The quantitative estimate of drug-likeness (QED) is 0.172.